The van der Waals surface area contributed by atoms with E-state index < -0.39 is 6.10 Å². The predicted molar refractivity (Wildman–Crippen MR) is 141 cm³/mol. The van der Waals surface area contributed by atoms with Gasteiger partial charge in [-0.05, 0) is 92.1 Å². The predicted octanol–water partition coefficient (Wildman–Crippen LogP) is 6.48. The summed E-state index contributed by atoms with van der Waals surface area (Å²) in [6, 6.07) is 23.1. The summed E-state index contributed by atoms with van der Waals surface area (Å²) < 4.78 is 27.6. The lowest BCUT2D eigenvalue weighted by atomic mass is 10.1. The summed E-state index contributed by atoms with van der Waals surface area (Å²) in [5.41, 5.74) is 3.19. The third-order valence-electron chi connectivity index (χ3n) is 5.51. The van der Waals surface area contributed by atoms with Crippen molar-refractivity contribution in [3.05, 3.63) is 90.0 Å². The number of methoxy groups -OCH3 is 1. The molecule has 3 aromatic rings. The number of esters is 1. The molecule has 3 rings (SSSR count). The lowest BCUT2D eigenvalue weighted by molar-refractivity contribution is -0.156. The quantitative estimate of drug-likeness (QED) is 0.256. The first kappa shape index (κ1) is 26.8. The van der Waals surface area contributed by atoms with E-state index in [-0.39, 0.29) is 5.97 Å². The van der Waals surface area contributed by atoms with Gasteiger partial charge < -0.3 is 23.7 Å². The van der Waals surface area contributed by atoms with Crippen LogP contribution in [-0.2, 0) is 20.7 Å². The highest BCUT2D eigenvalue weighted by Crippen LogP contribution is 2.25. The number of carbonyl (C=O) groups excluding carboxylic acids is 1. The van der Waals surface area contributed by atoms with E-state index in [0.717, 1.165) is 39.7 Å². The van der Waals surface area contributed by atoms with Gasteiger partial charge in [0.2, 0.25) is 0 Å². The highest BCUT2D eigenvalue weighted by molar-refractivity contribution is 5.75. The first-order valence-electron chi connectivity index (χ1n) is 12.1. The number of benzene rings is 3. The third-order valence-corrected chi connectivity index (χ3v) is 5.51. The lowest BCUT2D eigenvalue weighted by Crippen LogP contribution is -2.28. The van der Waals surface area contributed by atoms with Gasteiger partial charge in [-0.25, -0.2) is 4.79 Å². The van der Waals surface area contributed by atoms with Gasteiger partial charge in [-0.15, -0.1) is 0 Å². The van der Waals surface area contributed by atoms with Crippen molar-refractivity contribution in [2.24, 2.45) is 0 Å². The standard InChI is InChI=1S/C30H34O6/c1-5-33-29(30(31)34-6-2)21-23-7-11-26(12-8-23)35-20-19-22(3)24-9-13-27(14-10-24)36-28-17-15-25(32-4)16-18-28/h7-19,29H,5-6,20-21H2,1-4H3/b22-19-/t29-/m0/s1. The number of allylic oxidation sites excluding steroid dienone is 1. The Bertz CT molecular complexity index is 1100. The van der Waals surface area contributed by atoms with Crippen LogP contribution in [0.2, 0.25) is 0 Å². The van der Waals surface area contributed by atoms with Crippen molar-refractivity contribution >= 4 is 11.5 Å². The van der Waals surface area contributed by atoms with E-state index in [1.165, 1.54) is 0 Å². The second kappa shape index (κ2) is 14.0. The van der Waals surface area contributed by atoms with Crippen LogP contribution in [0.4, 0.5) is 0 Å². The highest BCUT2D eigenvalue weighted by atomic mass is 16.6. The number of ether oxygens (including phenoxy) is 5. The van der Waals surface area contributed by atoms with Crippen LogP contribution < -0.4 is 14.2 Å². The smallest absolute Gasteiger partial charge is 0.335 e. The summed E-state index contributed by atoms with van der Waals surface area (Å²) >= 11 is 0. The summed E-state index contributed by atoms with van der Waals surface area (Å²) in [5, 5.41) is 0. The van der Waals surface area contributed by atoms with Gasteiger partial charge >= 0.3 is 5.97 Å². The molecule has 0 aliphatic rings. The van der Waals surface area contributed by atoms with Crippen LogP contribution >= 0.6 is 0 Å². The zero-order chi connectivity index (χ0) is 25.8. The van der Waals surface area contributed by atoms with Crippen molar-refractivity contribution in [1.29, 1.82) is 0 Å². The second-order valence-corrected chi connectivity index (χ2v) is 8.04. The van der Waals surface area contributed by atoms with Gasteiger partial charge in [0.1, 0.15) is 29.6 Å². The summed E-state index contributed by atoms with van der Waals surface area (Å²) in [7, 11) is 1.64. The molecule has 0 fully saturated rings. The molecular weight excluding hydrogens is 456 g/mol. The Morgan fingerprint density at radius 3 is 1.97 bits per heavy atom. The highest BCUT2D eigenvalue weighted by Gasteiger charge is 2.20. The molecule has 36 heavy (non-hydrogen) atoms. The van der Waals surface area contributed by atoms with E-state index in [1.54, 1.807) is 14.0 Å². The molecule has 0 unspecified atom stereocenters. The molecule has 190 valence electrons. The maximum atomic E-state index is 12.1. The largest absolute Gasteiger partial charge is 0.497 e. The van der Waals surface area contributed by atoms with Crippen molar-refractivity contribution in [2.75, 3.05) is 26.9 Å². The summed E-state index contributed by atoms with van der Waals surface area (Å²) in [4.78, 5) is 12.1. The summed E-state index contributed by atoms with van der Waals surface area (Å²) in [6.45, 7) is 6.94. The molecule has 0 saturated heterocycles. The fourth-order valence-corrected chi connectivity index (χ4v) is 3.53. The number of rotatable bonds is 13. The zero-order valence-corrected chi connectivity index (χ0v) is 21.4. The number of carbonyl (C=O) groups is 1. The van der Waals surface area contributed by atoms with E-state index >= 15 is 0 Å². The summed E-state index contributed by atoms with van der Waals surface area (Å²) in [6.07, 6.45) is 1.91. The normalized spacial score (nSPS) is 12.1. The van der Waals surface area contributed by atoms with Crippen molar-refractivity contribution in [2.45, 2.75) is 33.3 Å². The van der Waals surface area contributed by atoms with Crippen LogP contribution in [-0.4, -0.2) is 39.0 Å². The fourth-order valence-electron chi connectivity index (χ4n) is 3.53. The maximum Gasteiger partial charge on any atom is 0.335 e. The van der Waals surface area contributed by atoms with E-state index in [1.807, 2.05) is 85.8 Å². The first-order valence-corrected chi connectivity index (χ1v) is 12.1. The minimum atomic E-state index is -0.597. The average molecular weight is 491 g/mol. The van der Waals surface area contributed by atoms with Crippen molar-refractivity contribution < 1.29 is 28.5 Å². The van der Waals surface area contributed by atoms with Gasteiger partial charge in [-0.3, -0.25) is 0 Å². The van der Waals surface area contributed by atoms with E-state index in [2.05, 4.69) is 6.92 Å². The lowest BCUT2D eigenvalue weighted by Gasteiger charge is -2.15. The van der Waals surface area contributed by atoms with Crippen LogP contribution in [0.1, 0.15) is 31.9 Å². The molecule has 6 nitrogen and oxygen atoms in total. The average Bonchev–Trinajstić information content (AvgIpc) is 2.90. The van der Waals surface area contributed by atoms with Gasteiger partial charge in [0, 0.05) is 13.0 Å². The van der Waals surface area contributed by atoms with E-state index in [9.17, 15) is 4.79 Å². The molecule has 0 spiro atoms. The van der Waals surface area contributed by atoms with Crippen LogP contribution in [0.25, 0.3) is 5.57 Å². The minimum Gasteiger partial charge on any atom is -0.497 e. The van der Waals surface area contributed by atoms with Gasteiger partial charge in [0.15, 0.2) is 6.10 Å². The SMILES string of the molecule is CCOC(=O)[C@H](Cc1ccc(OC/C=C(/C)c2ccc(Oc3ccc(OC)cc3)cc2)cc1)OCC. The Morgan fingerprint density at radius 1 is 0.806 bits per heavy atom. The summed E-state index contributed by atoms with van der Waals surface area (Å²) in [5.74, 6) is 2.74. The molecule has 0 N–H and O–H groups in total. The Labute approximate surface area is 213 Å². The molecule has 6 heteroatoms. The third kappa shape index (κ3) is 8.17. The minimum absolute atomic E-state index is 0.333. The first-order chi connectivity index (χ1) is 17.5. The van der Waals surface area contributed by atoms with E-state index in [0.29, 0.717) is 26.2 Å². The molecule has 1 atom stereocenters. The van der Waals surface area contributed by atoms with Gasteiger partial charge in [-0.2, -0.15) is 0 Å². The molecular formula is C30H34O6. The number of hydrogen-bond acceptors (Lipinski definition) is 6. The second-order valence-electron chi connectivity index (χ2n) is 8.04. The van der Waals surface area contributed by atoms with Gasteiger partial charge in [0.25, 0.3) is 0 Å². The Morgan fingerprint density at radius 2 is 1.39 bits per heavy atom. The zero-order valence-electron chi connectivity index (χ0n) is 21.4. The maximum absolute atomic E-state index is 12.1. The Hall–Kier alpha value is -3.77. The Kier molecular flexibility index (Phi) is 10.4. The van der Waals surface area contributed by atoms with Crippen LogP contribution in [0.3, 0.4) is 0 Å². The Balaban J connectivity index is 1.50. The molecule has 0 saturated carbocycles. The fraction of sp³-hybridized carbons (Fsp3) is 0.300. The molecule has 0 aromatic heterocycles. The molecule has 0 aliphatic heterocycles. The molecule has 0 aliphatic carbocycles. The van der Waals surface area contributed by atoms with Crippen LogP contribution in [0, 0.1) is 0 Å². The van der Waals surface area contributed by atoms with Gasteiger partial charge in [0.05, 0.1) is 13.7 Å². The van der Waals surface area contributed by atoms with Crippen LogP contribution in [0.15, 0.2) is 78.9 Å². The van der Waals surface area contributed by atoms with Gasteiger partial charge in [-0.1, -0.05) is 24.3 Å². The van der Waals surface area contributed by atoms with Crippen LogP contribution in [0.5, 0.6) is 23.0 Å². The molecule has 0 bridgehead atoms. The topological polar surface area (TPSA) is 63.2 Å². The monoisotopic (exact) mass is 490 g/mol. The molecule has 0 heterocycles. The van der Waals surface area contributed by atoms with Crippen molar-refractivity contribution in [1.82, 2.24) is 0 Å². The van der Waals surface area contributed by atoms with Crippen molar-refractivity contribution in [3.63, 3.8) is 0 Å². The molecule has 0 amide bonds. The van der Waals surface area contributed by atoms with E-state index in [4.69, 9.17) is 23.7 Å². The molecule has 3 aromatic carbocycles. The molecule has 0 radical (unpaired) electrons. The number of hydrogen-bond donors (Lipinski definition) is 0. The van der Waals surface area contributed by atoms with Crippen molar-refractivity contribution in [3.8, 4) is 23.0 Å².